The summed E-state index contributed by atoms with van der Waals surface area (Å²) in [5.74, 6) is -0.120. The van der Waals surface area contributed by atoms with Crippen LogP contribution in [0.25, 0.3) is 6.08 Å². The van der Waals surface area contributed by atoms with Crippen molar-refractivity contribution in [3.8, 4) is 5.75 Å². The Kier molecular flexibility index (Phi) is 9.26. The predicted molar refractivity (Wildman–Crippen MR) is 106 cm³/mol. The first-order valence-corrected chi connectivity index (χ1v) is 9.34. The molecule has 0 saturated heterocycles. The van der Waals surface area contributed by atoms with Gasteiger partial charge in [-0.3, -0.25) is 0 Å². The fourth-order valence-corrected chi connectivity index (χ4v) is 3.17. The molecule has 1 aromatic rings. The number of hydrogen-bond donors (Lipinski definition) is 3. The molecule has 0 spiro atoms. The molecule has 0 fully saturated rings. The van der Waals surface area contributed by atoms with Crippen molar-refractivity contribution in [2.45, 2.75) is 58.7 Å². The maximum atomic E-state index is 10.5. The van der Waals surface area contributed by atoms with Crippen molar-refractivity contribution in [3.05, 3.63) is 47.0 Å². The second-order valence-electron chi connectivity index (χ2n) is 6.91. The van der Waals surface area contributed by atoms with E-state index in [1.807, 2.05) is 19.9 Å². The van der Waals surface area contributed by atoms with Crippen LogP contribution >= 0.6 is 11.6 Å². The third-order valence-electron chi connectivity index (χ3n) is 4.47. The van der Waals surface area contributed by atoms with E-state index in [0.29, 0.717) is 11.4 Å². The van der Waals surface area contributed by atoms with Crippen LogP contribution in [-0.2, 0) is 0 Å². The lowest BCUT2D eigenvalue weighted by Crippen LogP contribution is -2.33. The van der Waals surface area contributed by atoms with Gasteiger partial charge in [-0.25, -0.2) is 0 Å². The standard InChI is InChI=1S/C21H31ClO3/c1-5-7-15(12-16-9-10-17(23)13-19(16)22)8-11-20(24)18(6-2)21(25)14(3)4/h6,9-10,12-14,18,20-21,23-25H,2,5,7-8,11H2,1,3-4H3/b15-12+/t18-,20-,21-/m1/s1. The average molecular weight is 367 g/mol. The number of halogens is 1. The van der Waals surface area contributed by atoms with Crippen molar-refractivity contribution in [3.63, 3.8) is 0 Å². The van der Waals surface area contributed by atoms with Gasteiger partial charge in [-0.15, -0.1) is 6.58 Å². The number of aromatic hydroxyl groups is 1. The molecule has 0 aliphatic heterocycles. The molecular formula is C21H31ClO3. The highest BCUT2D eigenvalue weighted by Crippen LogP contribution is 2.28. The Morgan fingerprint density at radius 2 is 1.92 bits per heavy atom. The number of benzene rings is 1. The molecule has 0 bridgehead atoms. The number of rotatable bonds is 10. The lowest BCUT2D eigenvalue weighted by Gasteiger charge is -2.27. The number of hydrogen-bond acceptors (Lipinski definition) is 3. The first-order chi connectivity index (χ1) is 11.8. The normalized spacial score (nSPS) is 15.9. The van der Waals surface area contributed by atoms with E-state index in [0.717, 1.165) is 24.8 Å². The molecule has 0 aliphatic rings. The van der Waals surface area contributed by atoms with Crippen LogP contribution < -0.4 is 0 Å². The first kappa shape index (κ1) is 21.8. The number of allylic oxidation sites excluding steroid dienone is 1. The molecule has 0 heterocycles. The maximum absolute atomic E-state index is 10.5. The highest BCUT2D eigenvalue weighted by molar-refractivity contribution is 6.32. The van der Waals surface area contributed by atoms with Crippen molar-refractivity contribution < 1.29 is 15.3 Å². The Morgan fingerprint density at radius 1 is 1.24 bits per heavy atom. The van der Waals surface area contributed by atoms with Crippen LogP contribution in [0.3, 0.4) is 0 Å². The van der Waals surface area contributed by atoms with Crippen molar-refractivity contribution in [2.75, 3.05) is 0 Å². The molecule has 0 aromatic heterocycles. The van der Waals surface area contributed by atoms with Gasteiger partial charge in [-0.05, 0) is 48.9 Å². The lowest BCUT2D eigenvalue weighted by molar-refractivity contribution is 0.00883. The molecule has 140 valence electrons. The summed E-state index contributed by atoms with van der Waals surface area (Å²) in [7, 11) is 0. The van der Waals surface area contributed by atoms with Crippen LogP contribution in [0.1, 0.15) is 52.0 Å². The van der Waals surface area contributed by atoms with Crippen molar-refractivity contribution in [2.24, 2.45) is 11.8 Å². The van der Waals surface area contributed by atoms with Gasteiger partial charge in [0, 0.05) is 5.92 Å². The van der Waals surface area contributed by atoms with E-state index in [2.05, 4.69) is 13.5 Å². The van der Waals surface area contributed by atoms with Gasteiger partial charge in [-0.2, -0.15) is 0 Å². The van der Waals surface area contributed by atoms with E-state index in [1.54, 1.807) is 18.2 Å². The third kappa shape index (κ3) is 6.85. The number of phenols is 1. The Labute approximate surface area is 156 Å². The lowest BCUT2D eigenvalue weighted by atomic mass is 9.86. The van der Waals surface area contributed by atoms with E-state index < -0.39 is 12.2 Å². The van der Waals surface area contributed by atoms with Crippen LogP contribution in [0.4, 0.5) is 0 Å². The summed E-state index contributed by atoms with van der Waals surface area (Å²) >= 11 is 6.19. The van der Waals surface area contributed by atoms with E-state index >= 15 is 0 Å². The number of aliphatic hydroxyl groups is 2. The fourth-order valence-electron chi connectivity index (χ4n) is 2.94. The summed E-state index contributed by atoms with van der Waals surface area (Å²) in [5.41, 5.74) is 2.05. The van der Waals surface area contributed by atoms with Crippen LogP contribution in [0, 0.1) is 11.8 Å². The highest BCUT2D eigenvalue weighted by Gasteiger charge is 2.26. The molecule has 4 heteroatoms. The maximum Gasteiger partial charge on any atom is 0.117 e. The summed E-state index contributed by atoms with van der Waals surface area (Å²) in [5, 5.41) is 30.7. The molecular weight excluding hydrogens is 336 g/mol. The second-order valence-corrected chi connectivity index (χ2v) is 7.32. The number of aliphatic hydroxyl groups excluding tert-OH is 2. The third-order valence-corrected chi connectivity index (χ3v) is 4.80. The molecule has 0 saturated carbocycles. The van der Waals surface area contributed by atoms with Gasteiger partial charge in [-0.1, -0.05) is 56.5 Å². The molecule has 3 N–H and O–H groups in total. The summed E-state index contributed by atoms with van der Waals surface area (Å²) in [6.07, 6.45) is 5.63. The number of phenolic OH excluding ortho intramolecular Hbond substituents is 1. The minimum Gasteiger partial charge on any atom is -0.508 e. The molecule has 1 rings (SSSR count). The fraction of sp³-hybridized carbons (Fsp3) is 0.524. The van der Waals surface area contributed by atoms with Crippen LogP contribution in [-0.4, -0.2) is 27.5 Å². The molecule has 0 amide bonds. The largest absolute Gasteiger partial charge is 0.508 e. The van der Waals surface area contributed by atoms with Gasteiger partial charge in [0.15, 0.2) is 0 Å². The van der Waals surface area contributed by atoms with Crippen molar-refractivity contribution in [1.29, 1.82) is 0 Å². The van der Waals surface area contributed by atoms with Crippen LogP contribution in [0.5, 0.6) is 5.75 Å². The Bertz CT molecular complexity index is 581. The average Bonchev–Trinajstić information content (AvgIpc) is 2.55. The van der Waals surface area contributed by atoms with E-state index in [-0.39, 0.29) is 17.6 Å². The quantitative estimate of drug-likeness (QED) is 0.499. The minimum absolute atomic E-state index is 0.0686. The minimum atomic E-state index is -0.634. The Morgan fingerprint density at radius 3 is 2.44 bits per heavy atom. The zero-order valence-corrected chi connectivity index (χ0v) is 16.2. The molecule has 0 radical (unpaired) electrons. The predicted octanol–water partition coefficient (Wildman–Crippen LogP) is 5.19. The molecule has 25 heavy (non-hydrogen) atoms. The summed E-state index contributed by atoms with van der Waals surface area (Å²) in [4.78, 5) is 0. The van der Waals surface area contributed by atoms with Crippen molar-refractivity contribution in [1.82, 2.24) is 0 Å². The highest BCUT2D eigenvalue weighted by atomic mass is 35.5. The van der Waals surface area contributed by atoms with Gasteiger partial charge >= 0.3 is 0 Å². The molecule has 0 aliphatic carbocycles. The Balaban J connectivity index is 2.84. The monoisotopic (exact) mass is 366 g/mol. The summed E-state index contributed by atoms with van der Waals surface area (Å²) in [6, 6.07) is 4.93. The van der Waals surface area contributed by atoms with E-state index in [1.165, 1.54) is 11.6 Å². The van der Waals surface area contributed by atoms with Gasteiger partial charge < -0.3 is 15.3 Å². The summed E-state index contributed by atoms with van der Waals surface area (Å²) < 4.78 is 0. The SMILES string of the molecule is C=C[C@H]([C@H](O)CC/C(=C/c1ccc(O)cc1Cl)CCC)[C@H](O)C(C)C. The summed E-state index contributed by atoms with van der Waals surface area (Å²) in [6.45, 7) is 9.74. The van der Waals surface area contributed by atoms with Gasteiger partial charge in [0.05, 0.1) is 17.2 Å². The molecule has 3 nitrogen and oxygen atoms in total. The van der Waals surface area contributed by atoms with Crippen molar-refractivity contribution >= 4 is 17.7 Å². The van der Waals surface area contributed by atoms with Crippen LogP contribution in [0.2, 0.25) is 5.02 Å². The Hall–Kier alpha value is -1.29. The zero-order valence-electron chi connectivity index (χ0n) is 15.5. The zero-order chi connectivity index (χ0) is 19.0. The molecule has 3 atom stereocenters. The van der Waals surface area contributed by atoms with E-state index in [4.69, 9.17) is 11.6 Å². The van der Waals surface area contributed by atoms with Gasteiger partial charge in [0.1, 0.15) is 5.75 Å². The smallest absolute Gasteiger partial charge is 0.117 e. The second kappa shape index (κ2) is 10.6. The van der Waals surface area contributed by atoms with Gasteiger partial charge in [0.25, 0.3) is 0 Å². The van der Waals surface area contributed by atoms with E-state index in [9.17, 15) is 15.3 Å². The molecule has 1 aromatic carbocycles. The topological polar surface area (TPSA) is 60.7 Å². The van der Waals surface area contributed by atoms with Crippen LogP contribution in [0.15, 0.2) is 36.4 Å². The first-order valence-electron chi connectivity index (χ1n) is 8.96. The molecule has 0 unspecified atom stereocenters. The van der Waals surface area contributed by atoms with Gasteiger partial charge in [0.2, 0.25) is 0 Å².